The van der Waals surface area contributed by atoms with Gasteiger partial charge < -0.3 is 29.6 Å². The van der Waals surface area contributed by atoms with Crippen molar-refractivity contribution in [2.75, 3.05) is 43.9 Å². The second-order valence-corrected chi connectivity index (χ2v) is 10.4. The van der Waals surface area contributed by atoms with Crippen LogP contribution in [-0.4, -0.2) is 60.4 Å². The maximum absolute atomic E-state index is 15.1. The van der Waals surface area contributed by atoms with E-state index in [1.54, 1.807) is 52.1 Å². The normalized spacial score (nSPS) is 13.6. The van der Waals surface area contributed by atoms with E-state index in [1.807, 2.05) is 25.7 Å². The van der Waals surface area contributed by atoms with Crippen LogP contribution >= 0.6 is 0 Å². The number of rotatable bonds is 5. The van der Waals surface area contributed by atoms with Gasteiger partial charge in [0, 0.05) is 50.2 Å². The molecule has 1 aliphatic rings. The first-order valence-electron chi connectivity index (χ1n) is 12.6. The van der Waals surface area contributed by atoms with E-state index in [9.17, 15) is 9.59 Å². The molecule has 9 nitrogen and oxygen atoms in total. The Labute approximate surface area is 227 Å². The minimum atomic E-state index is -0.590. The SMILES string of the molecule is COC(=O)c1cc(-c2ccc(C#N)cc2)cn1Cc1cc(N2CCN(C(=O)OC(C)(C)C)CC2)c(F)cc1N. The van der Waals surface area contributed by atoms with E-state index in [1.165, 1.54) is 13.2 Å². The summed E-state index contributed by atoms with van der Waals surface area (Å²) in [4.78, 5) is 28.5. The summed E-state index contributed by atoms with van der Waals surface area (Å²) in [6, 6.07) is 13.8. The van der Waals surface area contributed by atoms with E-state index >= 15 is 4.39 Å². The Balaban J connectivity index is 1.58. The highest BCUT2D eigenvalue weighted by molar-refractivity contribution is 5.90. The number of methoxy groups -OCH3 is 1. The van der Waals surface area contributed by atoms with Crippen molar-refractivity contribution < 1.29 is 23.5 Å². The number of benzene rings is 2. The number of ether oxygens (including phenoxy) is 2. The van der Waals surface area contributed by atoms with Crippen molar-refractivity contribution in [3.63, 3.8) is 0 Å². The standard InChI is InChI=1S/C29H32FN5O4/c1-29(2,3)39-28(37)34-11-9-33(10-12-34)25-14-22(24(32)15-23(25)30)18-35-17-21(13-26(35)27(36)38-4)20-7-5-19(16-31)6-8-20/h5-8,13-15,17H,9-12,18,32H2,1-4H3. The molecule has 0 unspecified atom stereocenters. The van der Waals surface area contributed by atoms with Gasteiger partial charge >= 0.3 is 12.1 Å². The molecule has 0 aliphatic carbocycles. The average Bonchev–Trinajstić information content (AvgIpc) is 3.32. The van der Waals surface area contributed by atoms with Crippen LogP contribution in [0.1, 0.15) is 42.4 Å². The molecule has 1 aromatic heterocycles. The van der Waals surface area contributed by atoms with Crippen molar-refractivity contribution in [3.05, 3.63) is 71.3 Å². The molecular weight excluding hydrogens is 501 g/mol. The maximum atomic E-state index is 15.1. The number of nitrogen functional groups attached to an aromatic ring is 1. The Morgan fingerprint density at radius 3 is 2.31 bits per heavy atom. The number of hydrogen-bond donors (Lipinski definition) is 1. The van der Waals surface area contributed by atoms with Crippen molar-refractivity contribution in [1.82, 2.24) is 9.47 Å². The average molecular weight is 534 g/mol. The number of esters is 1. The summed E-state index contributed by atoms with van der Waals surface area (Å²) < 4.78 is 27.2. The molecule has 10 heteroatoms. The second-order valence-electron chi connectivity index (χ2n) is 10.4. The molecule has 0 saturated carbocycles. The lowest BCUT2D eigenvalue weighted by Gasteiger charge is -2.37. The zero-order chi connectivity index (χ0) is 28.3. The fourth-order valence-electron chi connectivity index (χ4n) is 4.45. The van der Waals surface area contributed by atoms with E-state index in [4.69, 9.17) is 20.5 Å². The lowest BCUT2D eigenvalue weighted by Crippen LogP contribution is -2.50. The largest absolute Gasteiger partial charge is 0.464 e. The van der Waals surface area contributed by atoms with Gasteiger partial charge in [0.1, 0.15) is 17.1 Å². The Morgan fingerprint density at radius 2 is 1.72 bits per heavy atom. The summed E-state index contributed by atoms with van der Waals surface area (Å²) in [5, 5.41) is 9.08. The topological polar surface area (TPSA) is 114 Å². The molecule has 39 heavy (non-hydrogen) atoms. The number of piperazine rings is 1. The summed E-state index contributed by atoms with van der Waals surface area (Å²) in [6.45, 7) is 7.30. The quantitative estimate of drug-likeness (QED) is 0.375. The van der Waals surface area contributed by atoms with Crippen LogP contribution in [0.5, 0.6) is 0 Å². The highest BCUT2D eigenvalue weighted by atomic mass is 19.1. The monoisotopic (exact) mass is 533 g/mol. The third-order valence-corrected chi connectivity index (χ3v) is 6.46. The third kappa shape index (κ3) is 6.32. The van der Waals surface area contributed by atoms with Gasteiger partial charge in [0.05, 0.1) is 24.4 Å². The number of hydrogen-bond acceptors (Lipinski definition) is 7. The molecule has 0 bridgehead atoms. The van der Waals surface area contributed by atoms with Crippen LogP contribution in [0, 0.1) is 17.1 Å². The van der Waals surface area contributed by atoms with E-state index in [0.29, 0.717) is 48.7 Å². The van der Waals surface area contributed by atoms with Crippen molar-refractivity contribution in [1.29, 1.82) is 5.26 Å². The van der Waals surface area contributed by atoms with Gasteiger partial charge in [-0.1, -0.05) is 12.1 Å². The summed E-state index contributed by atoms with van der Waals surface area (Å²) >= 11 is 0. The van der Waals surface area contributed by atoms with Gasteiger partial charge in [-0.15, -0.1) is 0 Å². The number of nitrogens with two attached hydrogens (primary N) is 1. The fraction of sp³-hybridized carbons (Fsp3) is 0.345. The Morgan fingerprint density at radius 1 is 1.05 bits per heavy atom. The van der Waals surface area contributed by atoms with Gasteiger partial charge in [-0.25, -0.2) is 14.0 Å². The van der Waals surface area contributed by atoms with E-state index in [-0.39, 0.29) is 18.3 Å². The first-order chi connectivity index (χ1) is 18.5. The Bertz CT molecular complexity index is 1410. The minimum absolute atomic E-state index is 0.206. The van der Waals surface area contributed by atoms with Gasteiger partial charge in [-0.3, -0.25) is 0 Å². The Hall–Kier alpha value is -4.52. The molecular formula is C29H32FN5O4. The van der Waals surface area contributed by atoms with Crippen LogP contribution in [0.3, 0.4) is 0 Å². The zero-order valence-electron chi connectivity index (χ0n) is 22.5. The van der Waals surface area contributed by atoms with E-state index in [0.717, 1.165) is 11.1 Å². The molecule has 4 rings (SSSR count). The highest BCUT2D eigenvalue weighted by Crippen LogP contribution is 2.30. The van der Waals surface area contributed by atoms with Crippen LogP contribution in [0.25, 0.3) is 11.1 Å². The van der Waals surface area contributed by atoms with Crippen molar-refractivity contribution in [2.45, 2.75) is 32.9 Å². The molecule has 1 aliphatic heterocycles. The van der Waals surface area contributed by atoms with Crippen LogP contribution in [0.15, 0.2) is 48.7 Å². The molecule has 1 fully saturated rings. The highest BCUT2D eigenvalue weighted by Gasteiger charge is 2.27. The van der Waals surface area contributed by atoms with Crippen molar-refractivity contribution >= 4 is 23.4 Å². The summed E-state index contributed by atoms with van der Waals surface area (Å²) in [5.74, 6) is -0.977. The molecule has 0 spiro atoms. The van der Waals surface area contributed by atoms with E-state index < -0.39 is 17.4 Å². The lowest BCUT2D eigenvalue weighted by molar-refractivity contribution is 0.0240. The predicted molar refractivity (Wildman–Crippen MR) is 146 cm³/mol. The number of carbonyl (C=O) groups excluding carboxylic acids is 2. The molecule has 2 heterocycles. The predicted octanol–water partition coefficient (Wildman–Crippen LogP) is 4.64. The molecule has 2 N–H and O–H groups in total. The number of anilines is 2. The fourth-order valence-corrected chi connectivity index (χ4v) is 4.45. The molecule has 2 aromatic carbocycles. The molecule has 0 atom stereocenters. The first-order valence-corrected chi connectivity index (χ1v) is 12.6. The second kappa shape index (κ2) is 11.1. The lowest BCUT2D eigenvalue weighted by atomic mass is 10.1. The van der Waals surface area contributed by atoms with Crippen molar-refractivity contribution in [3.8, 4) is 17.2 Å². The van der Waals surface area contributed by atoms with Gasteiger partial charge in [-0.2, -0.15) is 5.26 Å². The number of aromatic nitrogens is 1. The first kappa shape index (κ1) is 27.5. The molecule has 0 radical (unpaired) electrons. The van der Waals surface area contributed by atoms with Crippen LogP contribution in [0.2, 0.25) is 0 Å². The van der Waals surface area contributed by atoms with Crippen molar-refractivity contribution in [2.24, 2.45) is 0 Å². The van der Waals surface area contributed by atoms with Crippen LogP contribution in [-0.2, 0) is 16.0 Å². The minimum Gasteiger partial charge on any atom is -0.464 e. The smallest absolute Gasteiger partial charge is 0.410 e. The van der Waals surface area contributed by atoms with Gasteiger partial charge in [0.25, 0.3) is 0 Å². The number of amides is 1. The molecule has 1 saturated heterocycles. The van der Waals surface area contributed by atoms with Crippen LogP contribution in [0.4, 0.5) is 20.6 Å². The Kier molecular flexibility index (Phi) is 7.81. The molecule has 3 aromatic rings. The molecule has 1 amide bonds. The van der Waals surface area contributed by atoms with Gasteiger partial charge in [-0.05, 0) is 62.2 Å². The summed E-state index contributed by atoms with van der Waals surface area (Å²) in [6.07, 6.45) is 1.41. The number of halogens is 1. The maximum Gasteiger partial charge on any atom is 0.410 e. The number of nitrogens with zero attached hydrogens (tertiary/aromatic N) is 4. The third-order valence-electron chi connectivity index (χ3n) is 6.46. The molecule has 204 valence electrons. The van der Waals surface area contributed by atoms with E-state index in [2.05, 4.69) is 6.07 Å². The summed E-state index contributed by atoms with van der Waals surface area (Å²) in [5.41, 5.74) is 9.32. The number of carbonyl (C=O) groups is 2. The van der Waals surface area contributed by atoms with Gasteiger partial charge in [0.15, 0.2) is 0 Å². The summed E-state index contributed by atoms with van der Waals surface area (Å²) in [7, 11) is 1.31. The zero-order valence-corrected chi connectivity index (χ0v) is 22.5. The number of nitriles is 1. The van der Waals surface area contributed by atoms with Gasteiger partial charge in [0.2, 0.25) is 0 Å². The van der Waals surface area contributed by atoms with Crippen LogP contribution < -0.4 is 10.6 Å².